The van der Waals surface area contributed by atoms with E-state index in [1.165, 1.54) is 30.5 Å². The summed E-state index contributed by atoms with van der Waals surface area (Å²) in [6.07, 6.45) is 2.36. The Morgan fingerprint density at radius 3 is 2.50 bits per heavy atom. The largest absolute Gasteiger partial charge is 0.350 e. The van der Waals surface area contributed by atoms with Gasteiger partial charge in [-0.25, -0.2) is 0 Å². The number of likely N-dealkylation sites (tertiary alicyclic amines) is 1. The number of amides is 1. The fraction of sp³-hybridized carbons (Fsp3) is 0.350. The molecule has 3 rings (SSSR count). The van der Waals surface area contributed by atoms with Crippen LogP contribution < -0.4 is 5.32 Å². The molecule has 1 fully saturated rings. The first kappa shape index (κ1) is 18.1. The van der Waals surface area contributed by atoms with Crippen LogP contribution in [0, 0.1) is 17.0 Å². The average molecular weight is 353 g/mol. The van der Waals surface area contributed by atoms with Crippen molar-refractivity contribution in [3.05, 3.63) is 75.3 Å². The summed E-state index contributed by atoms with van der Waals surface area (Å²) < 4.78 is 0. The van der Waals surface area contributed by atoms with Gasteiger partial charge in [-0.3, -0.25) is 19.8 Å². The summed E-state index contributed by atoms with van der Waals surface area (Å²) >= 11 is 0. The van der Waals surface area contributed by atoms with E-state index in [2.05, 4.69) is 22.3 Å². The summed E-state index contributed by atoms with van der Waals surface area (Å²) in [6.45, 7) is 4.23. The van der Waals surface area contributed by atoms with E-state index in [-0.39, 0.29) is 17.6 Å². The van der Waals surface area contributed by atoms with Crippen molar-refractivity contribution in [2.75, 3.05) is 19.6 Å². The summed E-state index contributed by atoms with van der Waals surface area (Å²) in [4.78, 5) is 25.4. The van der Waals surface area contributed by atoms with Crippen molar-refractivity contribution in [1.29, 1.82) is 0 Å². The van der Waals surface area contributed by atoms with Gasteiger partial charge in [-0.05, 0) is 50.6 Å². The number of hydrogen-bond donors (Lipinski definition) is 1. The molecule has 6 heteroatoms. The minimum atomic E-state index is -0.435. The Kier molecular flexibility index (Phi) is 5.63. The van der Waals surface area contributed by atoms with Crippen molar-refractivity contribution < 1.29 is 9.72 Å². The molecular formula is C20H23N3O3. The lowest BCUT2D eigenvalue weighted by Crippen LogP contribution is -2.36. The van der Waals surface area contributed by atoms with Crippen molar-refractivity contribution in [3.8, 4) is 0 Å². The molecule has 1 aliphatic rings. The topological polar surface area (TPSA) is 75.5 Å². The van der Waals surface area contributed by atoms with Gasteiger partial charge in [0.2, 0.25) is 0 Å². The number of rotatable bonds is 6. The molecule has 1 N–H and O–H groups in total. The molecule has 1 atom stereocenters. The Labute approximate surface area is 153 Å². The molecule has 2 aromatic rings. The SMILES string of the molecule is Cc1cc(C(=O)NC[C@@H](c2ccccc2)N2CCCC2)ccc1[N+](=O)[O-]. The van der Waals surface area contributed by atoms with Gasteiger partial charge < -0.3 is 5.32 Å². The highest BCUT2D eigenvalue weighted by molar-refractivity contribution is 5.94. The molecule has 0 saturated carbocycles. The summed E-state index contributed by atoms with van der Waals surface area (Å²) in [7, 11) is 0. The van der Waals surface area contributed by atoms with Crippen LogP contribution in [0.25, 0.3) is 0 Å². The normalized spacial score (nSPS) is 15.6. The Morgan fingerprint density at radius 1 is 1.19 bits per heavy atom. The minimum Gasteiger partial charge on any atom is -0.350 e. The third kappa shape index (κ3) is 4.08. The predicted octanol–water partition coefficient (Wildman–Crippen LogP) is 3.47. The van der Waals surface area contributed by atoms with Gasteiger partial charge in [-0.2, -0.15) is 0 Å². The van der Waals surface area contributed by atoms with Crippen molar-refractivity contribution in [2.45, 2.75) is 25.8 Å². The first-order valence-corrected chi connectivity index (χ1v) is 8.88. The van der Waals surface area contributed by atoms with Gasteiger partial charge in [0.15, 0.2) is 0 Å². The molecule has 6 nitrogen and oxygen atoms in total. The number of benzene rings is 2. The van der Waals surface area contributed by atoms with E-state index in [0.29, 0.717) is 17.7 Å². The third-order valence-corrected chi connectivity index (χ3v) is 4.88. The molecular weight excluding hydrogens is 330 g/mol. The summed E-state index contributed by atoms with van der Waals surface area (Å²) in [5, 5.41) is 13.9. The molecule has 0 spiro atoms. The quantitative estimate of drug-likeness (QED) is 0.637. The van der Waals surface area contributed by atoms with E-state index in [1.54, 1.807) is 13.0 Å². The minimum absolute atomic E-state index is 0.0285. The van der Waals surface area contributed by atoms with Crippen LogP contribution in [0.4, 0.5) is 5.69 Å². The fourth-order valence-corrected chi connectivity index (χ4v) is 3.48. The molecule has 1 aliphatic heterocycles. The Morgan fingerprint density at radius 2 is 1.88 bits per heavy atom. The van der Waals surface area contributed by atoms with E-state index >= 15 is 0 Å². The second-order valence-electron chi connectivity index (χ2n) is 6.64. The number of nitrogens with one attached hydrogen (secondary N) is 1. The van der Waals surface area contributed by atoms with Crippen LogP contribution in [0.5, 0.6) is 0 Å². The van der Waals surface area contributed by atoms with Gasteiger partial charge in [-0.1, -0.05) is 30.3 Å². The second-order valence-corrected chi connectivity index (χ2v) is 6.64. The van der Waals surface area contributed by atoms with Crippen LogP contribution in [-0.4, -0.2) is 35.4 Å². The lowest BCUT2D eigenvalue weighted by molar-refractivity contribution is -0.385. The maximum absolute atomic E-state index is 12.5. The zero-order valence-corrected chi connectivity index (χ0v) is 14.9. The fourth-order valence-electron chi connectivity index (χ4n) is 3.48. The molecule has 26 heavy (non-hydrogen) atoms. The first-order valence-electron chi connectivity index (χ1n) is 8.88. The Bertz CT molecular complexity index is 786. The molecule has 1 saturated heterocycles. The van der Waals surface area contributed by atoms with Crippen LogP contribution in [0.2, 0.25) is 0 Å². The van der Waals surface area contributed by atoms with Crippen molar-refractivity contribution in [2.24, 2.45) is 0 Å². The van der Waals surface area contributed by atoms with Crippen molar-refractivity contribution in [3.63, 3.8) is 0 Å². The van der Waals surface area contributed by atoms with E-state index in [1.807, 2.05) is 18.2 Å². The third-order valence-electron chi connectivity index (χ3n) is 4.88. The van der Waals surface area contributed by atoms with E-state index in [0.717, 1.165) is 13.1 Å². The number of nitro benzene ring substituents is 1. The Hall–Kier alpha value is -2.73. The van der Waals surface area contributed by atoms with E-state index in [4.69, 9.17) is 0 Å². The maximum atomic E-state index is 12.5. The van der Waals surface area contributed by atoms with Gasteiger partial charge in [0.1, 0.15) is 0 Å². The molecule has 2 aromatic carbocycles. The van der Waals surface area contributed by atoms with Gasteiger partial charge in [-0.15, -0.1) is 0 Å². The van der Waals surface area contributed by atoms with Crippen LogP contribution in [0.1, 0.15) is 40.4 Å². The molecule has 0 bridgehead atoms. The molecule has 136 valence electrons. The standard InChI is InChI=1S/C20H23N3O3/c1-15-13-17(9-10-18(15)23(25)26)20(24)21-14-19(22-11-5-6-12-22)16-7-3-2-4-8-16/h2-4,7-10,13,19H,5-6,11-12,14H2,1H3,(H,21,24)/t19-/m0/s1. The summed E-state index contributed by atoms with van der Waals surface area (Å²) in [6, 6.07) is 14.8. The van der Waals surface area contributed by atoms with Crippen LogP contribution in [-0.2, 0) is 0 Å². The van der Waals surface area contributed by atoms with E-state index < -0.39 is 4.92 Å². The molecule has 0 unspecified atom stereocenters. The van der Waals surface area contributed by atoms with E-state index in [9.17, 15) is 14.9 Å². The van der Waals surface area contributed by atoms with Gasteiger partial charge in [0.25, 0.3) is 11.6 Å². The number of nitro groups is 1. The van der Waals surface area contributed by atoms with Gasteiger partial charge in [0.05, 0.1) is 11.0 Å². The van der Waals surface area contributed by atoms with Gasteiger partial charge >= 0.3 is 0 Å². The number of nitrogens with zero attached hydrogens (tertiary/aromatic N) is 2. The summed E-state index contributed by atoms with van der Waals surface area (Å²) in [5.41, 5.74) is 2.15. The molecule has 0 aromatic heterocycles. The van der Waals surface area contributed by atoms with Gasteiger partial charge in [0, 0.05) is 23.7 Å². The average Bonchev–Trinajstić information content (AvgIpc) is 3.16. The number of hydrogen-bond acceptors (Lipinski definition) is 4. The predicted molar refractivity (Wildman–Crippen MR) is 100 cm³/mol. The highest BCUT2D eigenvalue weighted by Crippen LogP contribution is 2.25. The number of aryl methyl sites for hydroxylation is 1. The molecule has 1 amide bonds. The maximum Gasteiger partial charge on any atom is 0.272 e. The van der Waals surface area contributed by atoms with Crippen LogP contribution >= 0.6 is 0 Å². The first-order chi connectivity index (χ1) is 12.6. The zero-order valence-electron chi connectivity index (χ0n) is 14.9. The zero-order chi connectivity index (χ0) is 18.5. The van der Waals surface area contributed by atoms with Crippen molar-refractivity contribution in [1.82, 2.24) is 10.2 Å². The van der Waals surface area contributed by atoms with Crippen LogP contribution in [0.15, 0.2) is 48.5 Å². The Balaban J connectivity index is 1.71. The highest BCUT2D eigenvalue weighted by atomic mass is 16.6. The molecule has 0 radical (unpaired) electrons. The lowest BCUT2D eigenvalue weighted by Gasteiger charge is -2.28. The molecule has 0 aliphatic carbocycles. The highest BCUT2D eigenvalue weighted by Gasteiger charge is 2.24. The monoisotopic (exact) mass is 353 g/mol. The number of carbonyl (C=O) groups excluding carboxylic acids is 1. The summed E-state index contributed by atoms with van der Waals surface area (Å²) in [5.74, 6) is -0.205. The molecule has 1 heterocycles. The second kappa shape index (κ2) is 8.10. The smallest absolute Gasteiger partial charge is 0.272 e. The van der Waals surface area contributed by atoms with Crippen LogP contribution in [0.3, 0.4) is 0 Å². The number of carbonyl (C=O) groups is 1. The lowest BCUT2D eigenvalue weighted by atomic mass is 10.0. The van der Waals surface area contributed by atoms with Crippen molar-refractivity contribution >= 4 is 11.6 Å².